The van der Waals surface area contributed by atoms with Gasteiger partial charge < -0.3 is 10.1 Å². The number of benzene rings is 1. The van der Waals surface area contributed by atoms with E-state index in [0.29, 0.717) is 6.04 Å². The monoisotopic (exact) mass is 219 g/mol. The first-order valence-corrected chi connectivity index (χ1v) is 6.11. The van der Waals surface area contributed by atoms with Crippen molar-refractivity contribution < 1.29 is 4.74 Å². The Labute approximate surface area is 98.0 Å². The Balaban J connectivity index is 2.14. The van der Waals surface area contributed by atoms with Crippen molar-refractivity contribution in [3.63, 3.8) is 0 Å². The highest BCUT2D eigenvalue weighted by Gasteiger charge is 2.24. The summed E-state index contributed by atoms with van der Waals surface area (Å²) in [4.78, 5) is 0. The fraction of sp³-hybridized carbons (Fsp3) is 0.571. The van der Waals surface area contributed by atoms with Crippen LogP contribution in [0.1, 0.15) is 43.7 Å². The summed E-state index contributed by atoms with van der Waals surface area (Å²) in [7, 11) is 1.74. The molecule has 2 rings (SSSR count). The maximum atomic E-state index is 5.39. The van der Waals surface area contributed by atoms with E-state index in [1.165, 1.54) is 24.0 Å². The van der Waals surface area contributed by atoms with Crippen LogP contribution in [0.3, 0.4) is 0 Å². The van der Waals surface area contributed by atoms with Gasteiger partial charge in [-0.05, 0) is 30.4 Å². The van der Waals surface area contributed by atoms with Crippen LogP contribution in [0.15, 0.2) is 18.2 Å². The van der Waals surface area contributed by atoms with Crippen LogP contribution in [0, 0.1) is 0 Å². The van der Waals surface area contributed by atoms with Crippen LogP contribution in [-0.4, -0.2) is 13.2 Å². The zero-order valence-corrected chi connectivity index (χ0v) is 10.4. The molecule has 0 heterocycles. The Morgan fingerprint density at radius 1 is 1.38 bits per heavy atom. The first kappa shape index (κ1) is 11.5. The van der Waals surface area contributed by atoms with Gasteiger partial charge >= 0.3 is 0 Å². The predicted octanol–water partition coefficient (Wildman–Crippen LogP) is 3.07. The standard InChI is InChI=1S/C14H21NO/c1-10(2)15-9-13-8-12(11-4-5-11)6-7-14(13)16-3/h6-8,10-11,15H,4-5,9H2,1-3H3. The Bertz CT molecular complexity index is 356. The second-order valence-corrected chi connectivity index (χ2v) is 4.88. The molecule has 0 atom stereocenters. The number of hydrogen-bond acceptors (Lipinski definition) is 2. The number of methoxy groups -OCH3 is 1. The quantitative estimate of drug-likeness (QED) is 0.821. The van der Waals surface area contributed by atoms with E-state index < -0.39 is 0 Å². The smallest absolute Gasteiger partial charge is 0.123 e. The molecule has 0 unspecified atom stereocenters. The second kappa shape index (κ2) is 4.88. The third-order valence-corrected chi connectivity index (χ3v) is 3.05. The fourth-order valence-corrected chi connectivity index (χ4v) is 1.92. The lowest BCUT2D eigenvalue weighted by Gasteiger charge is -2.13. The molecule has 16 heavy (non-hydrogen) atoms. The van der Waals surface area contributed by atoms with Gasteiger partial charge in [0, 0.05) is 18.2 Å². The average Bonchev–Trinajstić information content (AvgIpc) is 3.09. The van der Waals surface area contributed by atoms with Crippen LogP contribution in [0.5, 0.6) is 5.75 Å². The third-order valence-electron chi connectivity index (χ3n) is 3.05. The average molecular weight is 219 g/mol. The highest BCUT2D eigenvalue weighted by atomic mass is 16.5. The van der Waals surface area contributed by atoms with Gasteiger partial charge in [0.25, 0.3) is 0 Å². The molecule has 2 heteroatoms. The van der Waals surface area contributed by atoms with E-state index in [2.05, 4.69) is 37.4 Å². The van der Waals surface area contributed by atoms with E-state index in [9.17, 15) is 0 Å². The van der Waals surface area contributed by atoms with Crippen molar-refractivity contribution in [1.29, 1.82) is 0 Å². The number of hydrogen-bond donors (Lipinski definition) is 1. The molecule has 0 bridgehead atoms. The lowest BCUT2D eigenvalue weighted by Crippen LogP contribution is -2.22. The van der Waals surface area contributed by atoms with Gasteiger partial charge in [0.15, 0.2) is 0 Å². The molecular formula is C14H21NO. The summed E-state index contributed by atoms with van der Waals surface area (Å²) in [6, 6.07) is 7.11. The molecule has 1 saturated carbocycles. The summed E-state index contributed by atoms with van der Waals surface area (Å²) < 4.78 is 5.39. The second-order valence-electron chi connectivity index (χ2n) is 4.88. The van der Waals surface area contributed by atoms with E-state index in [0.717, 1.165) is 18.2 Å². The van der Waals surface area contributed by atoms with Crippen LogP contribution in [0.25, 0.3) is 0 Å². The molecule has 1 aliphatic rings. The minimum atomic E-state index is 0.509. The Hall–Kier alpha value is -1.02. The molecule has 0 aliphatic heterocycles. The fourth-order valence-electron chi connectivity index (χ4n) is 1.92. The minimum Gasteiger partial charge on any atom is -0.496 e. The molecule has 1 aliphatic carbocycles. The van der Waals surface area contributed by atoms with Gasteiger partial charge in [0.2, 0.25) is 0 Å². The Morgan fingerprint density at radius 3 is 2.69 bits per heavy atom. The van der Waals surface area contributed by atoms with E-state index in [1.807, 2.05) is 0 Å². The van der Waals surface area contributed by atoms with Gasteiger partial charge in [0.1, 0.15) is 5.75 Å². The summed E-state index contributed by atoms with van der Waals surface area (Å²) in [6.07, 6.45) is 2.70. The van der Waals surface area contributed by atoms with Gasteiger partial charge in [-0.2, -0.15) is 0 Å². The van der Waals surface area contributed by atoms with E-state index in [1.54, 1.807) is 7.11 Å². The SMILES string of the molecule is COc1ccc(C2CC2)cc1CNC(C)C. The molecule has 0 aromatic heterocycles. The summed E-state index contributed by atoms with van der Waals surface area (Å²) >= 11 is 0. The van der Waals surface area contributed by atoms with E-state index >= 15 is 0 Å². The van der Waals surface area contributed by atoms with Crippen molar-refractivity contribution in [2.75, 3.05) is 7.11 Å². The molecule has 0 radical (unpaired) electrons. The van der Waals surface area contributed by atoms with Crippen molar-refractivity contribution in [2.24, 2.45) is 0 Å². The van der Waals surface area contributed by atoms with Crippen molar-refractivity contribution in [3.05, 3.63) is 29.3 Å². The summed E-state index contributed by atoms with van der Waals surface area (Å²) in [6.45, 7) is 5.22. The maximum absolute atomic E-state index is 5.39. The molecule has 88 valence electrons. The number of rotatable bonds is 5. The summed E-state index contributed by atoms with van der Waals surface area (Å²) in [5.41, 5.74) is 2.75. The molecule has 1 N–H and O–H groups in total. The van der Waals surface area contributed by atoms with E-state index in [4.69, 9.17) is 4.74 Å². The Morgan fingerprint density at radius 2 is 2.12 bits per heavy atom. The van der Waals surface area contributed by atoms with Gasteiger partial charge in [-0.25, -0.2) is 0 Å². The molecule has 0 spiro atoms. The topological polar surface area (TPSA) is 21.3 Å². The van der Waals surface area contributed by atoms with Gasteiger partial charge in [0.05, 0.1) is 7.11 Å². The lowest BCUT2D eigenvalue weighted by atomic mass is 10.1. The molecule has 0 saturated heterocycles. The summed E-state index contributed by atoms with van der Waals surface area (Å²) in [5, 5.41) is 3.44. The van der Waals surface area contributed by atoms with E-state index in [-0.39, 0.29) is 0 Å². The number of ether oxygens (including phenoxy) is 1. The third kappa shape index (κ3) is 2.76. The van der Waals surface area contributed by atoms with Crippen LogP contribution in [0.4, 0.5) is 0 Å². The predicted molar refractivity (Wildman–Crippen MR) is 66.9 cm³/mol. The molecular weight excluding hydrogens is 198 g/mol. The minimum absolute atomic E-state index is 0.509. The van der Waals surface area contributed by atoms with Crippen molar-refractivity contribution in [3.8, 4) is 5.75 Å². The van der Waals surface area contributed by atoms with Crippen LogP contribution < -0.4 is 10.1 Å². The lowest BCUT2D eigenvalue weighted by molar-refractivity contribution is 0.406. The zero-order chi connectivity index (χ0) is 11.5. The summed E-state index contributed by atoms with van der Waals surface area (Å²) in [5.74, 6) is 1.81. The molecule has 1 fully saturated rings. The molecule has 1 aromatic carbocycles. The Kier molecular flexibility index (Phi) is 3.49. The van der Waals surface area contributed by atoms with Crippen molar-refractivity contribution in [1.82, 2.24) is 5.32 Å². The molecule has 0 amide bonds. The first-order chi connectivity index (χ1) is 7.70. The molecule has 2 nitrogen and oxygen atoms in total. The van der Waals surface area contributed by atoms with Gasteiger partial charge in [-0.3, -0.25) is 0 Å². The van der Waals surface area contributed by atoms with Crippen LogP contribution >= 0.6 is 0 Å². The zero-order valence-electron chi connectivity index (χ0n) is 10.4. The number of nitrogens with one attached hydrogen (secondary N) is 1. The van der Waals surface area contributed by atoms with Crippen molar-refractivity contribution >= 4 is 0 Å². The molecule has 1 aromatic rings. The van der Waals surface area contributed by atoms with Gasteiger partial charge in [-0.1, -0.05) is 26.0 Å². The van der Waals surface area contributed by atoms with Crippen LogP contribution in [0.2, 0.25) is 0 Å². The van der Waals surface area contributed by atoms with Gasteiger partial charge in [-0.15, -0.1) is 0 Å². The highest BCUT2D eigenvalue weighted by Crippen LogP contribution is 2.41. The van der Waals surface area contributed by atoms with Crippen LogP contribution in [-0.2, 0) is 6.54 Å². The van der Waals surface area contributed by atoms with Crippen molar-refractivity contribution in [2.45, 2.75) is 45.2 Å². The normalized spacial score (nSPS) is 15.5. The largest absolute Gasteiger partial charge is 0.496 e. The highest BCUT2D eigenvalue weighted by molar-refractivity contribution is 5.39. The first-order valence-electron chi connectivity index (χ1n) is 6.11. The maximum Gasteiger partial charge on any atom is 0.123 e.